The summed E-state index contributed by atoms with van der Waals surface area (Å²) in [4.78, 5) is 33.4. The van der Waals surface area contributed by atoms with E-state index in [1.54, 1.807) is 0 Å². The number of ketones is 2. The van der Waals surface area contributed by atoms with Crippen LogP contribution in [0.2, 0.25) is 0 Å². The SMILES string of the molecule is CC(=O)C1CS(=O)c2cc([N+](=O)[O-])ccc2C1=O. The zero-order valence-corrected chi connectivity index (χ0v) is 10.2. The fourth-order valence-corrected chi connectivity index (χ4v) is 3.36. The third kappa shape index (κ3) is 1.97. The van der Waals surface area contributed by atoms with Gasteiger partial charge in [-0.3, -0.25) is 23.9 Å². The van der Waals surface area contributed by atoms with Gasteiger partial charge in [-0.15, -0.1) is 0 Å². The molecule has 1 heterocycles. The molecular weight excluding hydrogens is 258 g/mol. The minimum Gasteiger partial charge on any atom is -0.299 e. The summed E-state index contributed by atoms with van der Waals surface area (Å²) in [6.45, 7) is 1.27. The van der Waals surface area contributed by atoms with Gasteiger partial charge in [-0.2, -0.15) is 0 Å². The van der Waals surface area contributed by atoms with Crippen LogP contribution in [0.3, 0.4) is 0 Å². The number of benzene rings is 1. The van der Waals surface area contributed by atoms with E-state index in [1.165, 1.54) is 19.1 Å². The quantitative estimate of drug-likeness (QED) is 0.454. The van der Waals surface area contributed by atoms with Gasteiger partial charge in [0.05, 0.1) is 26.5 Å². The van der Waals surface area contributed by atoms with Crippen LogP contribution < -0.4 is 0 Å². The largest absolute Gasteiger partial charge is 0.299 e. The maximum Gasteiger partial charge on any atom is 0.270 e. The minimum atomic E-state index is -1.56. The Morgan fingerprint density at radius 2 is 2.17 bits per heavy atom. The summed E-state index contributed by atoms with van der Waals surface area (Å²) in [5.74, 6) is -1.74. The molecule has 0 aliphatic carbocycles. The summed E-state index contributed by atoms with van der Waals surface area (Å²) in [7, 11) is -1.56. The Morgan fingerprint density at radius 3 is 2.72 bits per heavy atom. The smallest absolute Gasteiger partial charge is 0.270 e. The van der Waals surface area contributed by atoms with E-state index >= 15 is 0 Å². The summed E-state index contributed by atoms with van der Waals surface area (Å²) in [6, 6.07) is 3.58. The fraction of sp³-hybridized carbons (Fsp3) is 0.273. The third-order valence-corrected chi connectivity index (χ3v) is 4.28. The van der Waals surface area contributed by atoms with Crippen molar-refractivity contribution in [1.82, 2.24) is 0 Å². The number of hydrogen-bond donors (Lipinski definition) is 0. The van der Waals surface area contributed by atoms with E-state index < -0.39 is 27.4 Å². The summed E-state index contributed by atoms with van der Waals surface area (Å²) < 4.78 is 11.9. The molecule has 0 N–H and O–H groups in total. The average Bonchev–Trinajstić information content (AvgIpc) is 2.32. The van der Waals surface area contributed by atoms with Crippen molar-refractivity contribution in [3.8, 4) is 0 Å². The normalized spacial score (nSPS) is 22.4. The minimum absolute atomic E-state index is 0.0949. The second kappa shape index (κ2) is 4.41. The standard InChI is InChI=1S/C11H9NO5S/c1-6(13)9-5-18(17)10-4-7(12(15)16)2-3-8(10)11(9)14/h2-4,9H,5H2,1H3. The van der Waals surface area contributed by atoms with Gasteiger partial charge in [0.2, 0.25) is 0 Å². The number of Topliss-reactive ketones (excluding diaryl/α,β-unsaturated/α-hetero) is 2. The Morgan fingerprint density at radius 1 is 1.50 bits per heavy atom. The molecule has 7 heteroatoms. The highest BCUT2D eigenvalue weighted by atomic mass is 32.2. The molecule has 0 saturated carbocycles. The molecule has 0 saturated heterocycles. The van der Waals surface area contributed by atoms with Crippen molar-refractivity contribution < 1.29 is 18.7 Å². The molecule has 6 nitrogen and oxygen atoms in total. The Balaban J connectivity index is 2.55. The number of fused-ring (bicyclic) bond motifs is 1. The van der Waals surface area contributed by atoms with E-state index in [-0.39, 0.29) is 27.7 Å². The first kappa shape index (κ1) is 12.6. The van der Waals surface area contributed by atoms with E-state index in [1.807, 2.05) is 0 Å². The molecule has 0 amide bonds. The van der Waals surface area contributed by atoms with Gasteiger partial charge in [0.25, 0.3) is 5.69 Å². The molecule has 1 aliphatic heterocycles. The van der Waals surface area contributed by atoms with Crippen LogP contribution in [-0.4, -0.2) is 26.5 Å². The molecule has 0 spiro atoms. The van der Waals surface area contributed by atoms with Gasteiger partial charge < -0.3 is 0 Å². The van der Waals surface area contributed by atoms with Crippen molar-refractivity contribution in [3.05, 3.63) is 33.9 Å². The molecule has 2 unspecified atom stereocenters. The molecular formula is C11H9NO5S. The van der Waals surface area contributed by atoms with Crippen LogP contribution in [0, 0.1) is 16.0 Å². The molecule has 2 rings (SSSR count). The van der Waals surface area contributed by atoms with Gasteiger partial charge in [-0.05, 0) is 13.0 Å². The van der Waals surface area contributed by atoms with Crippen molar-refractivity contribution in [2.75, 3.05) is 5.75 Å². The number of hydrogen-bond acceptors (Lipinski definition) is 5. The zero-order chi connectivity index (χ0) is 13.4. The summed E-state index contributed by atoms with van der Waals surface area (Å²) >= 11 is 0. The van der Waals surface area contributed by atoms with Crippen LogP contribution in [0.1, 0.15) is 17.3 Å². The molecule has 2 atom stereocenters. The number of carbonyl (C=O) groups excluding carboxylic acids is 2. The maximum absolute atomic E-state index is 12.0. The van der Waals surface area contributed by atoms with Crippen LogP contribution >= 0.6 is 0 Å². The number of nitrogens with zero attached hydrogens (tertiary/aromatic N) is 1. The molecule has 0 radical (unpaired) electrons. The van der Waals surface area contributed by atoms with Gasteiger partial charge in [0.1, 0.15) is 5.78 Å². The van der Waals surface area contributed by atoms with Crippen molar-refractivity contribution >= 4 is 28.1 Å². The van der Waals surface area contributed by atoms with E-state index in [9.17, 15) is 23.9 Å². The van der Waals surface area contributed by atoms with Crippen molar-refractivity contribution in [2.24, 2.45) is 5.92 Å². The van der Waals surface area contributed by atoms with Gasteiger partial charge in [0, 0.05) is 23.4 Å². The van der Waals surface area contributed by atoms with Crippen LogP contribution in [0.15, 0.2) is 23.1 Å². The van der Waals surface area contributed by atoms with Gasteiger partial charge in [-0.1, -0.05) is 0 Å². The lowest BCUT2D eigenvalue weighted by atomic mass is 9.95. The molecule has 0 fully saturated rings. The molecule has 94 valence electrons. The fourth-order valence-electron chi connectivity index (χ4n) is 1.82. The first-order valence-corrected chi connectivity index (χ1v) is 6.45. The Kier molecular flexibility index (Phi) is 3.08. The summed E-state index contributed by atoms with van der Waals surface area (Å²) in [5.41, 5.74) is -0.0680. The predicted octanol–water partition coefficient (Wildman–Crippen LogP) is 1.10. The summed E-state index contributed by atoms with van der Waals surface area (Å²) in [6.07, 6.45) is 0. The third-order valence-electron chi connectivity index (χ3n) is 2.81. The Hall–Kier alpha value is -1.89. The summed E-state index contributed by atoms with van der Waals surface area (Å²) in [5, 5.41) is 10.6. The van der Waals surface area contributed by atoms with Crippen molar-refractivity contribution in [1.29, 1.82) is 0 Å². The lowest BCUT2D eigenvalue weighted by Gasteiger charge is -2.20. The molecule has 1 aromatic carbocycles. The molecule has 0 bridgehead atoms. The lowest BCUT2D eigenvalue weighted by Crippen LogP contribution is -2.33. The first-order valence-electron chi connectivity index (χ1n) is 5.13. The first-order chi connectivity index (χ1) is 8.41. The van der Waals surface area contributed by atoms with Gasteiger partial charge in [-0.25, -0.2) is 0 Å². The van der Waals surface area contributed by atoms with E-state index in [0.717, 1.165) is 6.07 Å². The lowest BCUT2D eigenvalue weighted by molar-refractivity contribution is -0.385. The highest BCUT2D eigenvalue weighted by Gasteiger charge is 2.35. The Labute approximate surface area is 105 Å². The van der Waals surface area contributed by atoms with Crippen LogP contribution in [0.25, 0.3) is 0 Å². The Bertz CT molecular complexity index is 595. The van der Waals surface area contributed by atoms with Gasteiger partial charge in [0.15, 0.2) is 5.78 Å². The topological polar surface area (TPSA) is 94.3 Å². The number of nitro groups is 1. The van der Waals surface area contributed by atoms with Crippen LogP contribution in [0.5, 0.6) is 0 Å². The van der Waals surface area contributed by atoms with Crippen LogP contribution in [0.4, 0.5) is 5.69 Å². The second-order valence-electron chi connectivity index (χ2n) is 3.98. The van der Waals surface area contributed by atoms with Crippen molar-refractivity contribution in [3.63, 3.8) is 0 Å². The van der Waals surface area contributed by atoms with Crippen LogP contribution in [-0.2, 0) is 15.6 Å². The molecule has 18 heavy (non-hydrogen) atoms. The predicted molar refractivity (Wildman–Crippen MR) is 62.9 cm³/mol. The maximum atomic E-state index is 12.0. The van der Waals surface area contributed by atoms with Crippen molar-refractivity contribution in [2.45, 2.75) is 11.8 Å². The van der Waals surface area contributed by atoms with Gasteiger partial charge >= 0.3 is 0 Å². The molecule has 1 aliphatic rings. The highest BCUT2D eigenvalue weighted by molar-refractivity contribution is 7.85. The molecule has 0 aromatic heterocycles. The number of carbonyl (C=O) groups is 2. The second-order valence-corrected chi connectivity index (χ2v) is 5.44. The van der Waals surface area contributed by atoms with E-state index in [0.29, 0.717) is 0 Å². The number of non-ortho nitro benzene ring substituents is 1. The highest BCUT2D eigenvalue weighted by Crippen LogP contribution is 2.29. The van der Waals surface area contributed by atoms with E-state index in [2.05, 4.69) is 0 Å². The molecule has 1 aromatic rings. The number of nitro benzene ring substituents is 1. The monoisotopic (exact) mass is 267 g/mol. The van der Waals surface area contributed by atoms with E-state index in [4.69, 9.17) is 0 Å². The average molecular weight is 267 g/mol. The number of rotatable bonds is 2. The zero-order valence-electron chi connectivity index (χ0n) is 9.41.